The summed E-state index contributed by atoms with van der Waals surface area (Å²) in [6.07, 6.45) is 6.84. The molecule has 5 nitrogen and oxygen atoms in total. The van der Waals surface area contributed by atoms with Crippen LogP contribution in [0.25, 0.3) is 0 Å². The number of rotatable bonds is 6. The number of carbonyl (C=O) groups is 2. The topological polar surface area (TPSA) is 62.3 Å². The van der Waals surface area contributed by atoms with E-state index in [9.17, 15) is 9.59 Å². The van der Waals surface area contributed by atoms with E-state index in [1.807, 2.05) is 17.2 Å². The number of aryl methyl sites for hydroxylation is 1. The molecule has 1 aromatic heterocycles. The highest BCUT2D eigenvalue weighted by Gasteiger charge is 2.32. The van der Waals surface area contributed by atoms with Crippen molar-refractivity contribution in [3.8, 4) is 0 Å². The van der Waals surface area contributed by atoms with Crippen LogP contribution in [0.15, 0.2) is 9.72 Å². The highest BCUT2D eigenvalue weighted by molar-refractivity contribution is 8.01. The summed E-state index contributed by atoms with van der Waals surface area (Å²) in [5, 5.41) is 4.99. The second-order valence-electron chi connectivity index (χ2n) is 6.81. The maximum Gasteiger partial charge on any atom is 0.230 e. The van der Waals surface area contributed by atoms with Gasteiger partial charge in [0.15, 0.2) is 4.34 Å². The molecule has 1 saturated carbocycles. The summed E-state index contributed by atoms with van der Waals surface area (Å²) < 4.78 is 0.920. The minimum absolute atomic E-state index is 0.00910. The van der Waals surface area contributed by atoms with E-state index in [1.54, 1.807) is 11.3 Å². The van der Waals surface area contributed by atoms with Gasteiger partial charge in [-0.1, -0.05) is 31.0 Å². The SMILES string of the molecule is Cc1csc(SCC(=O)N[C@@H]2CC(=O)N(CC3CCCCC3)C2)n1. The molecule has 1 saturated heterocycles. The van der Waals surface area contributed by atoms with Crippen LogP contribution in [0.5, 0.6) is 0 Å². The molecule has 1 aliphatic heterocycles. The molecule has 2 amide bonds. The van der Waals surface area contributed by atoms with Crippen molar-refractivity contribution in [2.24, 2.45) is 5.92 Å². The average Bonchev–Trinajstić information content (AvgIpc) is 3.12. The summed E-state index contributed by atoms with van der Waals surface area (Å²) in [6.45, 7) is 3.49. The lowest BCUT2D eigenvalue weighted by atomic mass is 9.89. The quantitative estimate of drug-likeness (QED) is 0.786. The van der Waals surface area contributed by atoms with Crippen LogP contribution in [-0.4, -0.2) is 46.6 Å². The highest BCUT2D eigenvalue weighted by Crippen LogP contribution is 2.26. The fourth-order valence-corrected chi connectivity index (χ4v) is 5.18. The van der Waals surface area contributed by atoms with Gasteiger partial charge in [-0.05, 0) is 25.7 Å². The first-order chi connectivity index (χ1) is 11.6. The van der Waals surface area contributed by atoms with Crippen molar-refractivity contribution >= 4 is 34.9 Å². The van der Waals surface area contributed by atoms with Crippen LogP contribution in [-0.2, 0) is 9.59 Å². The summed E-state index contributed by atoms with van der Waals surface area (Å²) >= 11 is 3.02. The third-order valence-electron chi connectivity index (χ3n) is 4.71. The molecule has 2 fully saturated rings. The number of nitrogens with zero attached hydrogens (tertiary/aromatic N) is 2. The van der Waals surface area contributed by atoms with Crippen molar-refractivity contribution in [1.29, 1.82) is 0 Å². The number of hydrogen-bond donors (Lipinski definition) is 1. The molecule has 1 atom stereocenters. The van der Waals surface area contributed by atoms with Crippen molar-refractivity contribution in [3.63, 3.8) is 0 Å². The molecular formula is C17H25N3O2S2. The second-order valence-corrected chi connectivity index (χ2v) is 8.90. The van der Waals surface area contributed by atoms with Crippen LogP contribution in [0.3, 0.4) is 0 Å². The van der Waals surface area contributed by atoms with Crippen molar-refractivity contribution in [3.05, 3.63) is 11.1 Å². The number of hydrogen-bond acceptors (Lipinski definition) is 5. The van der Waals surface area contributed by atoms with Gasteiger partial charge in [0, 0.05) is 30.6 Å². The molecule has 0 bridgehead atoms. The van der Waals surface area contributed by atoms with Crippen molar-refractivity contribution in [2.45, 2.75) is 55.8 Å². The Balaban J connectivity index is 1.40. The Labute approximate surface area is 151 Å². The average molecular weight is 368 g/mol. The van der Waals surface area contributed by atoms with Gasteiger partial charge < -0.3 is 10.2 Å². The number of amides is 2. The lowest BCUT2D eigenvalue weighted by molar-refractivity contribution is -0.128. The fraction of sp³-hybridized carbons (Fsp3) is 0.706. The number of thioether (sulfide) groups is 1. The van der Waals surface area contributed by atoms with Crippen LogP contribution >= 0.6 is 23.1 Å². The number of likely N-dealkylation sites (tertiary alicyclic amines) is 1. The summed E-state index contributed by atoms with van der Waals surface area (Å²) in [4.78, 5) is 30.6. The maximum atomic E-state index is 12.2. The molecule has 1 aromatic rings. The highest BCUT2D eigenvalue weighted by atomic mass is 32.2. The van der Waals surface area contributed by atoms with E-state index < -0.39 is 0 Å². The zero-order valence-corrected chi connectivity index (χ0v) is 15.8. The van der Waals surface area contributed by atoms with Gasteiger partial charge in [0.05, 0.1) is 11.8 Å². The van der Waals surface area contributed by atoms with Gasteiger partial charge in [-0.25, -0.2) is 4.98 Å². The summed E-state index contributed by atoms with van der Waals surface area (Å²) in [6, 6.07) is -0.0350. The monoisotopic (exact) mass is 367 g/mol. The number of aromatic nitrogens is 1. The Morgan fingerprint density at radius 1 is 1.42 bits per heavy atom. The third kappa shape index (κ3) is 4.96. The molecule has 7 heteroatoms. The number of thiazole rings is 1. The van der Waals surface area contributed by atoms with E-state index in [-0.39, 0.29) is 17.9 Å². The van der Waals surface area contributed by atoms with Gasteiger partial charge in [0.2, 0.25) is 11.8 Å². The molecule has 132 valence electrons. The zero-order chi connectivity index (χ0) is 16.9. The van der Waals surface area contributed by atoms with Crippen LogP contribution in [0.2, 0.25) is 0 Å². The minimum atomic E-state index is -0.0350. The molecule has 2 aliphatic rings. The maximum absolute atomic E-state index is 12.2. The van der Waals surface area contributed by atoms with Gasteiger partial charge in [-0.15, -0.1) is 11.3 Å². The van der Waals surface area contributed by atoms with Crippen molar-refractivity contribution in [2.75, 3.05) is 18.8 Å². The van der Waals surface area contributed by atoms with Gasteiger partial charge >= 0.3 is 0 Å². The fourth-order valence-electron chi connectivity index (χ4n) is 3.52. The van der Waals surface area contributed by atoms with E-state index in [1.165, 1.54) is 43.9 Å². The third-order valence-corrected chi connectivity index (χ3v) is 6.85. The first kappa shape index (κ1) is 17.7. The molecule has 2 heterocycles. The molecule has 0 unspecified atom stereocenters. The Kier molecular flexibility index (Phi) is 6.16. The summed E-state index contributed by atoms with van der Waals surface area (Å²) in [7, 11) is 0. The van der Waals surface area contributed by atoms with Crippen LogP contribution in [0, 0.1) is 12.8 Å². The number of nitrogens with one attached hydrogen (secondary N) is 1. The Hall–Kier alpha value is -1.08. The molecular weight excluding hydrogens is 342 g/mol. The zero-order valence-electron chi connectivity index (χ0n) is 14.1. The molecule has 0 spiro atoms. The Bertz CT molecular complexity index is 584. The van der Waals surface area contributed by atoms with E-state index in [0.29, 0.717) is 24.6 Å². The van der Waals surface area contributed by atoms with Gasteiger partial charge in [0.25, 0.3) is 0 Å². The first-order valence-corrected chi connectivity index (χ1v) is 10.6. The largest absolute Gasteiger partial charge is 0.350 e. The molecule has 24 heavy (non-hydrogen) atoms. The predicted octanol–water partition coefficient (Wildman–Crippen LogP) is 2.84. The van der Waals surface area contributed by atoms with Gasteiger partial charge in [-0.2, -0.15) is 0 Å². The summed E-state index contributed by atoms with van der Waals surface area (Å²) in [5.74, 6) is 1.19. The van der Waals surface area contributed by atoms with Crippen molar-refractivity contribution in [1.82, 2.24) is 15.2 Å². The lowest BCUT2D eigenvalue weighted by Crippen LogP contribution is -2.39. The minimum Gasteiger partial charge on any atom is -0.350 e. The molecule has 1 N–H and O–H groups in total. The Morgan fingerprint density at radius 2 is 2.21 bits per heavy atom. The van der Waals surface area contributed by atoms with Crippen LogP contribution < -0.4 is 5.32 Å². The molecule has 3 rings (SSSR count). The van der Waals surface area contributed by atoms with E-state index in [4.69, 9.17) is 0 Å². The van der Waals surface area contributed by atoms with E-state index in [0.717, 1.165) is 16.6 Å². The van der Waals surface area contributed by atoms with Gasteiger partial charge in [0.1, 0.15) is 0 Å². The smallest absolute Gasteiger partial charge is 0.230 e. The second kappa shape index (κ2) is 8.34. The van der Waals surface area contributed by atoms with Crippen LogP contribution in [0.1, 0.15) is 44.2 Å². The van der Waals surface area contributed by atoms with E-state index in [2.05, 4.69) is 10.3 Å². The first-order valence-electron chi connectivity index (χ1n) is 8.72. The summed E-state index contributed by atoms with van der Waals surface area (Å²) in [5.41, 5.74) is 0.989. The lowest BCUT2D eigenvalue weighted by Gasteiger charge is -2.27. The normalized spacial score (nSPS) is 22.1. The molecule has 1 aliphatic carbocycles. The Morgan fingerprint density at radius 3 is 2.92 bits per heavy atom. The van der Waals surface area contributed by atoms with E-state index >= 15 is 0 Å². The molecule has 0 radical (unpaired) electrons. The van der Waals surface area contributed by atoms with Crippen LogP contribution in [0.4, 0.5) is 0 Å². The number of carbonyl (C=O) groups excluding carboxylic acids is 2. The predicted molar refractivity (Wildman–Crippen MR) is 97.3 cm³/mol. The van der Waals surface area contributed by atoms with Gasteiger partial charge in [-0.3, -0.25) is 9.59 Å². The standard InChI is InChI=1S/C17H25N3O2S2/c1-12-10-23-17(18-12)24-11-15(21)19-14-7-16(22)20(9-14)8-13-5-3-2-4-6-13/h10,13-14H,2-9,11H2,1H3,(H,19,21)/t14-/m1/s1. The van der Waals surface area contributed by atoms with Crippen molar-refractivity contribution < 1.29 is 9.59 Å². The molecule has 0 aromatic carbocycles.